The second-order valence-corrected chi connectivity index (χ2v) is 6.06. The number of benzene rings is 1. The summed E-state index contributed by atoms with van der Waals surface area (Å²) >= 11 is 0. The maximum Gasteiger partial charge on any atom is 0.257 e. The number of fused-ring (bicyclic) bond motifs is 2. The second-order valence-electron chi connectivity index (χ2n) is 6.06. The minimum absolute atomic E-state index is 0.0613. The van der Waals surface area contributed by atoms with Crippen LogP contribution in [0.3, 0.4) is 0 Å². The van der Waals surface area contributed by atoms with Crippen LogP contribution in [-0.4, -0.2) is 17.9 Å². The van der Waals surface area contributed by atoms with E-state index in [-0.39, 0.29) is 5.91 Å². The largest absolute Gasteiger partial charge is 0.338 e. The fraction of sp³-hybridized carbons (Fsp3) is 0.500. The molecule has 1 spiro atoms. The van der Waals surface area contributed by atoms with Gasteiger partial charge in [0, 0.05) is 0 Å². The molecule has 104 valence electrons. The highest BCUT2D eigenvalue weighted by Gasteiger charge is 2.48. The lowest BCUT2D eigenvalue weighted by Gasteiger charge is -2.27. The molecular weight excluding hydrogens is 250 g/mol. The van der Waals surface area contributed by atoms with Crippen molar-refractivity contribution in [3.63, 3.8) is 0 Å². The van der Waals surface area contributed by atoms with Gasteiger partial charge in [-0.3, -0.25) is 10.1 Å². The molecule has 1 aliphatic heterocycles. The third-order valence-corrected chi connectivity index (χ3v) is 4.53. The van der Waals surface area contributed by atoms with Gasteiger partial charge in [-0.1, -0.05) is 24.3 Å². The monoisotopic (exact) mass is 269 g/mol. The van der Waals surface area contributed by atoms with Crippen molar-refractivity contribution in [3.8, 4) is 0 Å². The quantitative estimate of drug-likeness (QED) is 0.817. The van der Waals surface area contributed by atoms with Gasteiger partial charge < -0.3 is 5.32 Å². The van der Waals surface area contributed by atoms with Crippen molar-refractivity contribution < 1.29 is 4.79 Å². The first-order valence-electron chi connectivity index (χ1n) is 7.54. The van der Waals surface area contributed by atoms with Gasteiger partial charge in [0.25, 0.3) is 5.91 Å². The standard InChI is InChI=1S/C16H19N3O/c20-14-16(19-15(18-14)17-12-8-9-12)10-4-3-6-11-5-1-2-7-13(11)16/h1-2,5,7,12H,3-4,6,8-10H2,(H2,17,18,19,20). The molecule has 4 nitrogen and oxygen atoms in total. The molecule has 1 saturated carbocycles. The van der Waals surface area contributed by atoms with Crippen molar-refractivity contribution in [3.05, 3.63) is 35.4 Å². The summed E-state index contributed by atoms with van der Waals surface area (Å²) < 4.78 is 0. The molecule has 2 N–H and O–H groups in total. The Morgan fingerprint density at radius 1 is 1.20 bits per heavy atom. The summed E-state index contributed by atoms with van der Waals surface area (Å²) in [5.41, 5.74) is 1.83. The highest BCUT2D eigenvalue weighted by molar-refractivity contribution is 6.09. The van der Waals surface area contributed by atoms with Crippen LogP contribution in [0.1, 0.15) is 43.2 Å². The van der Waals surface area contributed by atoms with Gasteiger partial charge >= 0.3 is 0 Å². The molecule has 2 aliphatic carbocycles. The predicted octanol–water partition coefficient (Wildman–Crippen LogP) is 1.85. The van der Waals surface area contributed by atoms with E-state index in [9.17, 15) is 4.79 Å². The summed E-state index contributed by atoms with van der Waals surface area (Å²) in [6.45, 7) is 0. The summed E-state index contributed by atoms with van der Waals surface area (Å²) in [6, 6.07) is 8.73. The van der Waals surface area contributed by atoms with Crippen LogP contribution in [0.5, 0.6) is 0 Å². The molecule has 0 bridgehead atoms. The Morgan fingerprint density at radius 3 is 2.90 bits per heavy atom. The number of guanidine groups is 1. The van der Waals surface area contributed by atoms with Crippen LogP contribution in [0.4, 0.5) is 0 Å². The number of aliphatic imine (C=N–C) groups is 1. The van der Waals surface area contributed by atoms with Crippen molar-refractivity contribution in [2.75, 3.05) is 0 Å². The second kappa shape index (κ2) is 4.33. The summed E-state index contributed by atoms with van der Waals surface area (Å²) in [6.07, 6.45) is 6.39. The van der Waals surface area contributed by atoms with Crippen LogP contribution >= 0.6 is 0 Å². The van der Waals surface area contributed by atoms with Crippen molar-refractivity contribution in [2.45, 2.75) is 50.1 Å². The maximum absolute atomic E-state index is 12.6. The Hall–Kier alpha value is -1.84. The molecule has 1 heterocycles. The highest BCUT2D eigenvalue weighted by atomic mass is 16.2. The molecule has 0 aromatic heterocycles. The molecule has 1 aromatic rings. The number of hydrogen-bond donors (Lipinski definition) is 2. The third-order valence-electron chi connectivity index (χ3n) is 4.53. The van der Waals surface area contributed by atoms with Crippen molar-refractivity contribution in [1.29, 1.82) is 0 Å². The first-order valence-corrected chi connectivity index (χ1v) is 7.54. The Labute approximate surface area is 118 Å². The molecule has 1 amide bonds. The first kappa shape index (κ1) is 11.9. The fourth-order valence-corrected chi connectivity index (χ4v) is 3.32. The lowest BCUT2D eigenvalue weighted by atomic mass is 9.84. The van der Waals surface area contributed by atoms with Gasteiger partial charge in [0.2, 0.25) is 0 Å². The molecular formula is C16H19N3O. The minimum Gasteiger partial charge on any atom is -0.338 e. The average molecular weight is 269 g/mol. The molecule has 1 aromatic carbocycles. The predicted molar refractivity (Wildman–Crippen MR) is 77.4 cm³/mol. The minimum atomic E-state index is -0.596. The van der Waals surface area contributed by atoms with Crippen LogP contribution < -0.4 is 10.6 Å². The molecule has 4 heteroatoms. The van der Waals surface area contributed by atoms with E-state index in [4.69, 9.17) is 0 Å². The first-order chi connectivity index (χ1) is 9.78. The van der Waals surface area contributed by atoms with E-state index in [1.165, 1.54) is 5.56 Å². The summed E-state index contributed by atoms with van der Waals surface area (Å²) in [5.74, 6) is 0.737. The Kier molecular flexibility index (Phi) is 2.59. The number of nitrogens with zero attached hydrogens (tertiary/aromatic N) is 1. The molecule has 0 radical (unpaired) electrons. The molecule has 1 unspecified atom stereocenters. The number of aryl methyl sites for hydroxylation is 1. The van der Waals surface area contributed by atoms with Crippen LogP contribution in [0.15, 0.2) is 29.3 Å². The van der Waals surface area contributed by atoms with Crippen LogP contribution in [0.2, 0.25) is 0 Å². The Bertz CT molecular complexity index is 591. The normalized spacial score (nSPS) is 30.8. The van der Waals surface area contributed by atoms with Gasteiger partial charge in [-0.05, 0) is 49.7 Å². The van der Waals surface area contributed by atoms with E-state index in [2.05, 4.69) is 33.8 Å². The number of carbonyl (C=O) groups excluding carboxylic acids is 1. The molecule has 20 heavy (non-hydrogen) atoms. The summed E-state index contributed by atoms with van der Waals surface area (Å²) in [4.78, 5) is 17.2. The average Bonchev–Trinajstić information content (AvgIpc) is 3.21. The Balaban J connectivity index is 1.77. The number of nitrogens with one attached hydrogen (secondary N) is 2. The lowest BCUT2D eigenvalue weighted by molar-refractivity contribution is -0.124. The van der Waals surface area contributed by atoms with Gasteiger partial charge in [-0.25, -0.2) is 4.99 Å². The van der Waals surface area contributed by atoms with Crippen LogP contribution in [0, 0.1) is 0 Å². The van der Waals surface area contributed by atoms with Gasteiger partial charge in [-0.2, -0.15) is 0 Å². The van der Waals surface area contributed by atoms with Gasteiger partial charge in [0.05, 0.1) is 6.04 Å². The van der Waals surface area contributed by atoms with Crippen molar-refractivity contribution in [1.82, 2.24) is 10.6 Å². The SMILES string of the molecule is O=C1NC(=NC2CC2)NC12CCCCc1ccccc12. The molecule has 1 saturated heterocycles. The zero-order chi connectivity index (χ0) is 13.6. The smallest absolute Gasteiger partial charge is 0.257 e. The van der Waals surface area contributed by atoms with Crippen molar-refractivity contribution >= 4 is 11.9 Å². The maximum atomic E-state index is 12.6. The van der Waals surface area contributed by atoms with Crippen LogP contribution in [0.25, 0.3) is 0 Å². The van der Waals surface area contributed by atoms with Gasteiger partial charge in [0.1, 0.15) is 5.54 Å². The molecule has 2 fully saturated rings. The number of carbonyl (C=O) groups is 1. The van der Waals surface area contributed by atoms with Crippen LogP contribution in [-0.2, 0) is 16.8 Å². The van der Waals surface area contributed by atoms with Gasteiger partial charge in [-0.15, -0.1) is 0 Å². The van der Waals surface area contributed by atoms with Gasteiger partial charge in [0.15, 0.2) is 5.96 Å². The Morgan fingerprint density at radius 2 is 2.05 bits per heavy atom. The number of rotatable bonds is 1. The topological polar surface area (TPSA) is 53.5 Å². The van der Waals surface area contributed by atoms with E-state index < -0.39 is 5.54 Å². The number of amides is 1. The van der Waals surface area contributed by atoms with E-state index in [1.54, 1.807) is 0 Å². The highest BCUT2D eigenvalue weighted by Crippen LogP contribution is 2.36. The van der Waals surface area contributed by atoms with E-state index in [0.717, 1.165) is 44.1 Å². The summed E-state index contributed by atoms with van der Waals surface area (Å²) in [5, 5.41) is 6.37. The lowest BCUT2D eigenvalue weighted by Crippen LogP contribution is -2.44. The zero-order valence-corrected chi connectivity index (χ0v) is 11.5. The third kappa shape index (κ3) is 1.82. The zero-order valence-electron chi connectivity index (χ0n) is 11.5. The van der Waals surface area contributed by atoms with E-state index >= 15 is 0 Å². The number of hydrogen-bond acceptors (Lipinski definition) is 2. The molecule has 4 rings (SSSR count). The fourth-order valence-electron chi connectivity index (χ4n) is 3.32. The van der Waals surface area contributed by atoms with E-state index in [1.807, 2.05) is 6.07 Å². The summed E-state index contributed by atoms with van der Waals surface area (Å²) in [7, 11) is 0. The van der Waals surface area contributed by atoms with Crippen molar-refractivity contribution in [2.24, 2.45) is 4.99 Å². The molecule has 3 aliphatic rings. The van der Waals surface area contributed by atoms with E-state index in [0.29, 0.717) is 12.0 Å². The molecule has 1 atom stereocenters.